The van der Waals surface area contributed by atoms with E-state index in [0.717, 1.165) is 5.56 Å². The van der Waals surface area contributed by atoms with Crippen molar-refractivity contribution in [2.75, 3.05) is 7.05 Å². The Hall–Kier alpha value is -3.52. The highest BCUT2D eigenvalue weighted by Crippen LogP contribution is 2.30. The second kappa shape index (κ2) is 9.53. The lowest BCUT2D eigenvalue weighted by Crippen LogP contribution is -2.41. The molecule has 164 valence electrons. The molecule has 3 rings (SSSR count). The normalized spacial score (nSPS) is 15.5. The van der Waals surface area contributed by atoms with E-state index in [1.165, 1.54) is 0 Å². The Morgan fingerprint density at radius 2 is 1.81 bits per heavy atom. The minimum absolute atomic E-state index is 0.176. The van der Waals surface area contributed by atoms with Crippen LogP contribution >= 0.6 is 0 Å². The fourth-order valence-corrected chi connectivity index (χ4v) is 2.76. The van der Waals surface area contributed by atoms with Crippen molar-refractivity contribution in [3.05, 3.63) is 71.5 Å². The van der Waals surface area contributed by atoms with E-state index in [2.05, 4.69) is 16.0 Å². The summed E-state index contributed by atoms with van der Waals surface area (Å²) in [6, 6.07) is 13.9. The standard InChI is InChI=1S/C23H27N3O5/c1-23(2,3)19-13-20(31-30-19)26-22(28)25-14-15-8-10-17(11-9-15)29-18-7-5-6-16(12-18)21(27)24-4/h5-13,20H,14H2,1-4H3,(H,24,27)(H2,25,26,28). The SMILES string of the molecule is CNC(=O)c1cccc(Oc2ccc(CNC(=O)NC3C=C(C(C)(C)C)OO3)cc2)c1. The number of carbonyl (C=O) groups excluding carboxylic acids is 2. The number of hydrogen-bond acceptors (Lipinski definition) is 5. The molecule has 0 radical (unpaired) electrons. The van der Waals surface area contributed by atoms with Crippen molar-refractivity contribution in [1.82, 2.24) is 16.0 Å². The Kier molecular flexibility index (Phi) is 6.81. The molecule has 0 bridgehead atoms. The van der Waals surface area contributed by atoms with Gasteiger partial charge in [-0.15, -0.1) is 0 Å². The van der Waals surface area contributed by atoms with Crippen LogP contribution in [-0.2, 0) is 16.3 Å². The molecule has 2 aromatic rings. The molecule has 0 saturated carbocycles. The first-order chi connectivity index (χ1) is 14.7. The van der Waals surface area contributed by atoms with Crippen LogP contribution in [0.3, 0.4) is 0 Å². The van der Waals surface area contributed by atoms with Gasteiger partial charge in [0.2, 0.25) is 0 Å². The zero-order chi connectivity index (χ0) is 22.4. The van der Waals surface area contributed by atoms with Gasteiger partial charge in [-0.1, -0.05) is 39.0 Å². The van der Waals surface area contributed by atoms with Crippen molar-refractivity contribution in [2.45, 2.75) is 33.5 Å². The molecule has 1 unspecified atom stereocenters. The molecule has 8 heteroatoms. The van der Waals surface area contributed by atoms with E-state index in [1.807, 2.05) is 32.9 Å². The lowest BCUT2D eigenvalue weighted by Gasteiger charge is -2.16. The molecule has 0 aromatic heterocycles. The summed E-state index contributed by atoms with van der Waals surface area (Å²) in [5.74, 6) is 1.69. The Bertz CT molecular complexity index is 964. The molecule has 3 N–H and O–H groups in total. The molecule has 31 heavy (non-hydrogen) atoms. The number of urea groups is 1. The zero-order valence-electron chi connectivity index (χ0n) is 18.0. The van der Waals surface area contributed by atoms with Gasteiger partial charge >= 0.3 is 6.03 Å². The molecule has 3 amide bonds. The number of allylic oxidation sites excluding steroid dienone is 1. The summed E-state index contributed by atoms with van der Waals surface area (Å²) < 4.78 is 5.80. The maximum absolute atomic E-state index is 12.1. The van der Waals surface area contributed by atoms with Crippen molar-refractivity contribution in [2.24, 2.45) is 5.41 Å². The third-order valence-electron chi connectivity index (χ3n) is 4.49. The Balaban J connectivity index is 1.49. The molecule has 1 aliphatic heterocycles. The van der Waals surface area contributed by atoms with Crippen LogP contribution in [0.4, 0.5) is 4.79 Å². The molecule has 0 spiro atoms. The molecule has 0 fully saturated rings. The predicted octanol–water partition coefficient (Wildman–Crippen LogP) is 3.86. The first kappa shape index (κ1) is 22.2. The van der Waals surface area contributed by atoms with Crippen LogP contribution in [-0.4, -0.2) is 25.2 Å². The van der Waals surface area contributed by atoms with Gasteiger partial charge in [0, 0.05) is 30.6 Å². The fraction of sp³-hybridized carbons (Fsp3) is 0.304. The van der Waals surface area contributed by atoms with E-state index >= 15 is 0 Å². The molecule has 1 atom stereocenters. The summed E-state index contributed by atoms with van der Waals surface area (Å²) in [6.45, 7) is 6.33. The Morgan fingerprint density at radius 3 is 2.45 bits per heavy atom. The number of hydrogen-bond donors (Lipinski definition) is 3. The monoisotopic (exact) mass is 425 g/mol. The van der Waals surface area contributed by atoms with Crippen LogP contribution in [0.5, 0.6) is 11.5 Å². The number of nitrogens with one attached hydrogen (secondary N) is 3. The summed E-state index contributed by atoms with van der Waals surface area (Å²) in [7, 11) is 1.58. The van der Waals surface area contributed by atoms with Gasteiger partial charge in [-0.25, -0.2) is 4.79 Å². The van der Waals surface area contributed by atoms with Gasteiger partial charge in [0.1, 0.15) is 17.3 Å². The number of amides is 3. The highest BCUT2D eigenvalue weighted by Gasteiger charge is 2.29. The van der Waals surface area contributed by atoms with E-state index < -0.39 is 6.23 Å². The van der Waals surface area contributed by atoms with Crippen molar-refractivity contribution in [3.63, 3.8) is 0 Å². The van der Waals surface area contributed by atoms with E-state index in [0.29, 0.717) is 29.4 Å². The Labute approximate surface area is 181 Å². The second-order valence-corrected chi connectivity index (χ2v) is 8.06. The predicted molar refractivity (Wildman–Crippen MR) is 115 cm³/mol. The van der Waals surface area contributed by atoms with Gasteiger partial charge in [0.15, 0.2) is 6.23 Å². The third-order valence-corrected chi connectivity index (χ3v) is 4.49. The second-order valence-electron chi connectivity index (χ2n) is 8.06. The number of benzene rings is 2. The van der Waals surface area contributed by atoms with E-state index in [1.54, 1.807) is 49.5 Å². The zero-order valence-corrected chi connectivity index (χ0v) is 18.0. The van der Waals surface area contributed by atoms with Crippen LogP contribution in [0.15, 0.2) is 60.4 Å². The molecule has 0 saturated heterocycles. The van der Waals surface area contributed by atoms with Crippen molar-refractivity contribution in [1.29, 1.82) is 0 Å². The van der Waals surface area contributed by atoms with Crippen molar-refractivity contribution >= 4 is 11.9 Å². The minimum Gasteiger partial charge on any atom is -0.457 e. The van der Waals surface area contributed by atoms with Crippen molar-refractivity contribution < 1.29 is 24.1 Å². The smallest absolute Gasteiger partial charge is 0.317 e. The van der Waals surface area contributed by atoms with Gasteiger partial charge in [-0.2, -0.15) is 4.89 Å². The molecule has 1 heterocycles. The highest BCUT2D eigenvalue weighted by molar-refractivity contribution is 5.94. The van der Waals surface area contributed by atoms with E-state index in [9.17, 15) is 9.59 Å². The fourth-order valence-electron chi connectivity index (χ4n) is 2.76. The number of rotatable bonds is 6. The molecular weight excluding hydrogens is 398 g/mol. The molecule has 1 aliphatic rings. The topological polar surface area (TPSA) is 97.9 Å². The van der Waals surface area contributed by atoms with Crippen LogP contribution in [0.1, 0.15) is 36.7 Å². The summed E-state index contributed by atoms with van der Waals surface area (Å²) >= 11 is 0. The average Bonchev–Trinajstić information content (AvgIpc) is 3.22. The largest absolute Gasteiger partial charge is 0.457 e. The van der Waals surface area contributed by atoms with Crippen LogP contribution in [0.25, 0.3) is 0 Å². The quantitative estimate of drug-likeness (QED) is 0.611. The van der Waals surface area contributed by atoms with Gasteiger partial charge in [0.05, 0.1) is 0 Å². The first-order valence-electron chi connectivity index (χ1n) is 9.93. The summed E-state index contributed by atoms with van der Waals surface area (Å²) in [5.41, 5.74) is 1.23. The van der Waals surface area contributed by atoms with E-state index in [-0.39, 0.29) is 17.4 Å². The lowest BCUT2D eigenvalue weighted by atomic mass is 9.94. The lowest BCUT2D eigenvalue weighted by molar-refractivity contribution is -0.274. The summed E-state index contributed by atoms with van der Waals surface area (Å²) in [6.07, 6.45) is 1.11. The van der Waals surface area contributed by atoms with E-state index in [4.69, 9.17) is 14.5 Å². The highest BCUT2D eigenvalue weighted by atomic mass is 17.2. The molecular formula is C23H27N3O5. The van der Waals surface area contributed by atoms with Crippen molar-refractivity contribution in [3.8, 4) is 11.5 Å². The van der Waals surface area contributed by atoms with Gasteiger partial charge in [-0.05, 0) is 35.9 Å². The summed E-state index contributed by atoms with van der Waals surface area (Å²) in [4.78, 5) is 34.1. The molecule has 2 aromatic carbocycles. The first-order valence-corrected chi connectivity index (χ1v) is 9.93. The van der Waals surface area contributed by atoms with Gasteiger partial charge < -0.3 is 25.6 Å². The third kappa shape index (κ3) is 6.23. The Morgan fingerprint density at radius 1 is 1.06 bits per heavy atom. The van der Waals surface area contributed by atoms with Crippen LogP contribution in [0.2, 0.25) is 0 Å². The van der Waals surface area contributed by atoms with Crippen LogP contribution < -0.4 is 20.7 Å². The molecule has 0 aliphatic carbocycles. The van der Waals surface area contributed by atoms with Crippen LogP contribution in [0, 0.1) is 5.41 Å². The maximum Gasteiger partial charge on any atom is 0.317 e. The van der Waals surface area contributed by atoms with Gasteiger partial charge in [-0.3, -0.25) is 4.79 Å². The average molecular weight is 425 g/mol. The maximum atomic E-state index is 12.1. The molecule has 8 nitrogen and oxygen atoms in total. The minimum atomic E-state index is -0.629. The number of ether oxygens (including phenoxy) is 1. The van der Waals surface area contributed by atoms with Gasteiger partial charge in [0.25, 0.3) is 5.91 Å². The number of carbonyl (C=O) groups is 2. The summed E-state index contributed by atoms with van der Waals surface area (Å²) in [5, 5.41) is 8.04.